The normalized spacial score (nSPS) is 16.4. The second-order valence-corrected chi connectivity index (χ2v) is 7.89. The molecule has 0 bridgehead atoms. The minimum Gasteiger partial charge on any atom is -0.351 e. The van der Waals surface area contributed by atoms with Crippen molar-refractivity contribution in [1.29, 1.82) is 0 Å². The van der Waals surface area contributed by atoms with E-state index in [9.17, 15) is 4.79 Å². The summed E-state index contributed by atoms with van der Waals surface area (Å²) in [6.07, 6.45) is 4.09. The highest BCUT2D eigenvalue weighted by Gasteiger charge is 2.21. The van der Waals surface area contributed by atoms with E-state index >= 15 is 0 Å². The maximum absolute atomic E-state index is 12.3. The summed E-state index contributed by atoms with van der Waals surface area (Å²) in [5.41, 5.74) is 2.25. The monoisotopic (exact) mass is 364 g/mol. The molecule has 1 amide bonds. The zero-order valence-electron chi connectivity index (χ0n) is 14.0. The van der Waals surface area contributed by atoms with Gasteiger partial charge in [0.1, 0.15) is 4.88 Å². The number of carbonyl (C=O) groups is 1. The van der Waals surface area contributed by atoms with Crippen LogP contribution in [0.15, 0.2) is 16.8 Å². The highest BCUT2D eigenvalue weighted by molar-refractivity contribution is 7.08. The van der Waals surface area contributed by atoms with Crippen LogP contribution in [-0.2, 0) is 13.0 Å². The Morgan fingerprint density at radius 2 is 2.25 bits per heavy atom. The van der Waals surface area contributed by atoms with E-state index in [4.69, 9.17) is 0 Å². The summed E-state index contributed by atoms with van der Waals surface area (Å²) < 4.78 is 3.93. The van der Waals surface area contributed by atoms with Gasteiger partial charge in [-0.25, -0.2) is 0 Å². The fourth-order valence-corrected chi connectivity index (χ4v) is 4.37. The number of nitrogens with zero attached hydrogens (tertiary/aromatic N) is 3. The van der Waals surface area contributed by atoms with Crippen molar-refractivity contribution in [2.45, 2.75) is 39.2 Å². The Bertz CT molecular complexity index is 633. The Balaban J connectivity index is 1.41. The highest BCUT2D eigenvalue weighted by atomic mass is 32.1. The first-order valence-corrected chi connectivity index (χ1v) is 10.3. The van der Waals surface area contributed by atoms with Crippen LogP contribution in [0.25, 0.3) is 0 Å². The minimum absolute atomic E-state index is 0.00541. The van der Waals surface area contributed by atoms with Crippen LogP contribution < -0.4 is 5.32 Å². The Hall–Kier alpha value is -1.31. The van der Waals surface area contributed by atoms with Crippen LogP contribution in [-0.4, -0.2) is 40.0 Å². The molecule has 0 aromatic carbocycles. The molecule has 0 saturated carbocycles. The van der Waals surface area contributed by atoms with Crippen LogP contribution >= 0.6 is 22.9 Å². The Labute approximate surface area is 151 Å². The van der Waals surface area contributed by atoms with E-state index in [1.807, 2.05) is 0 Å². The Kier molecular flexibility index (Phi) is 6.34. The first-order valence-electron chi connectivity index (χ1n) is 8.59. The number of amides is 1. The maximum atomic E-state index is 12.3. The molecule has 2 aromatic rings. The fourth-order valence-electron chi connectivity index (χ4n) is 3.09. The molecule has 1 fully saturated rings. The molecular formula is C17H24N4OS2. The molecular weight excluding hydrogens is 340 g/mol. The van der Waals surface area contributed by atoms with Gasteiger partial charge in [-0.2, -0.15) is 11.3 Å². The number of rotatable bonds is 7. The lowest BCUT2D eigenvalue weighted by molar-refractivity contribution is 0.0938. The van der Waals surface area contributed by atoms with Crippen LogP contribution in [0.5, 0.6) is 0 Å². The molecule has 0 aliphatic carbocycles. The molecule has 1 N–H and O–H groups in total. The largest absolute Gasteiger partial charge is 0.351 e. The van der Waals surface area contributed by atoms with E-state index in [-0.39, 0.29) is 5.91 Å². The summed E-state index contributed by atoms with van der Waals surface area (Å²) in [6.45, 7) is 6.12. The number of thiophene rings is 1. The van der Waals surface area contributed by atoms with Crippen LogP contribution in [0.4, 0.5) is 0 Å². The number of likely N-dealkylation sites (tertiary alicyclic amines) is 1. The van der Waals surface area contributed by atoms with Crippen molar-refractivity contribution >= 4 is 28.8 Å². The third-order valence-electron chi connectivity index (χ3n) is 4.49. The summed E-state index contributed by atoms with van der Waals surface area (Å²) >= 11 is 2.97. The van der Waals surface area contributed by atoms with E-state index in [1.54, 1.807) is 11.3 Å². The predicted molar refractivity (Wildman–Crippen MR) is 98.6 cm³/mol. The number of aromatic nitrogens is 2. The van der Waals surface area contributed by atoms with Crippen molar-refractivity contribution in [3.8, 4) is 0 Å². The van der Waals surface area contributed by atoms with Crippen LogP contribution in [0, 0.1) is 5.92 Å². The molecule has 24 heavy (non-hydrogen) atoms. The molecule has 0 atom stereocenters. The summed E-state index contributed by atoms with van der Waals surface area (Å²) in [5.74, 6) is 0.567. The molecule has 0 unspecified atom stereocenters. The van der Waals surface area contributed by atoms with Gasteiger partial charge >= 0.3 is 0 Å². The van der Waals surface area contributed by atoms with Gasteiger partial charge in [0.15, 0.2) is 0 Å². The third kappa shape index (κ3) is 4.62. The molecule has 1 aliphatic heterocycles. The topological polar surface area (TPSA) is 58.1 Å². The van der Waals surface area contributed by atoms with Crippen molar-refractivity contribution in [3.63, 3.8) is 0 Å². The molecule has 1 aliphatic rings. The van der Waals surface area contributed by atoms with Gasteiger partial charge in [0, 0.05) is 13.1 Å². The van der Waals surface area contributed by atoms with Crippen LogP contribution in [0.3, 0.4) is 0 Å². The van der Waals surface area contributed by atoms with Gasteiger partial charge in [0.25, 0.3) is 5.91 Å². The standard InChI is InChI=1S/C17H24N4OS2/c1-2-3-15-16(24-20-19-15)17(22)18-10-13-4-7-21(8-5-13)11-14-6-9-23-12-14/h6,9,12-13H,2-5,7-8,10-11H2,1H3,(H,18,22). The van der Waals surface area contributed by atoms with Gasteiger partial charge in [-0.1, -0.05) is 17.8 Å². The smallest absolute Gasteiger partial charge is 0.264 e. The van der Waals surface area contributed by atoms with Crippen LogP contribution in [0.1, 0.15) is 47.1 Å². The lowest BCUT2D eigenvalue weighted by atomic mass is 9.96. The molecule has 0 spiro atoms. The minimum atomic E-state index is -0.00541. The molecule has 7 heteroatoms. The second-order valence-electron chi connectivity index (χ2n) is 6.36. The molecule has 1 saturated heterocycles. The van der Waals surface area contributed by atoms with Gasteiger partial charge < -0.3 is 5.32 Å². The number of nitrogens with one attached hydrogen (secondary N) is 1. The predicted octanol–water partition coefficient (Wildman–Crippen LogP) is 3.19. The zero-order chi connectivity index (χ0) is 16.8. The highest BCUT2D eigenvalue weighted by Crippen LogP contribution is 2.20. The van der Waals surface area contributed by atoms with Gasteiger partial charge in [-0.3, -0.25) is 9.69 Å². The summed E-state index contributed by atoms with van der Waals surface area (Å²) in [6, 6.07) is 2.20. The summed E-state index contributed by atoms with van der Waals surface area (Å²) in [5, 5.41) is 11.5. The van der Waals surface area contributed by atoms with Crippen LogP contribution in [0.2, 0.25) is 0 Å². The van der Waals surface area contributed by atoms with Crippen molar-refractivity contribution in [2.24, 2.45) is 5.92 Å². The molecule has 0 radical (unpaired) electrons. The molecule has 2 aromatic heterocycles. The van der Waals surface area contributed by atoms with E-state index in [2.05, 4.69) is 43.6 Å². The number of aryl methyl sites for hydroxylation is 1. The Morgan fingerprint density at radius 1 is 1.42 bits per heavy atom. The van der Waals surface area contributed by atoms with Crippen molar-refractivity contribution < 1.29 is 4.79 Å². The number of hydrogen-bond donors (Lipinski definition) is 1. The fraction of sp³-hybridized carbons (Fsp3) is 0.588. The van der Waals surface area contributed by atoms with Gasteiger partial charge in [-0.05, 0) is 72.2 Å². The van der Waals surface area contributed by atoms with Crippen molar-refractivity contribution in [3.05, 3.63) is 33.0 Å². The first-order chi connectivity index (χ1) is 11.8. The SMILES string of the molecule is CCCc1nnsc1C(=O)NCC1CCN(Cc2ccsc2)CC1. The van der Waals surface area contributed by atoms with Gasteiger partial charge in [0.05, 0.1) is 5.69 Å². The summed E-state index contributed by atoms with van der Waals surface area (Å²) in [7, 11) is 0. The average molecular weight is 365 g/mol. The second kappa shape index (κ2) is 8.69. The lowest BCUT2D eigenvalue weighted by Crippen LogP contribution is -2.38. The average Bonchev–Trinajstić information content (AvgIpc) is 3.26. The van der Waals surface area contributed by atoms with E-state index < -0.39 is 0 Å². The number of hydrogen-bond acceptors (Lipinski definition) is 6. The van der Waals surface area contributed by atoms with Gasteiger partial charge in [-0.15, -0.1) is 5.10 Å². The number of piperidine rings is 1. The van der Waals surface area contributed by atoms with Gasteiger partial charge in [0.2, 0.25) is 0 Å². The van der Waals surface area contributed by atoms with Crippen molar-refractivity contribution in [1.82, 2.24) is 19.8 Å². The van der Waals surface area contributed by atoms with E-state index in [0.717, 1.165) is 57.6 Å². The Morgan fingerprint density at radius 3 is 2.96 bits per heavy atom. The molecule has 130 valence electrons. The zero-order valence-corrected chi connectivity index (χ0v) is 15.7. The van der Waals surface area contributed by atoms with E-state index in [1.165, 1.54) is 17.1 Å². The molecule has 3 rings (SSSR count). The first kappa shape index (κ1) is 17.5. The van der Waals surface area contributed by atoms with Crippen molar-refractivity contribution in [2.75, 3.05) is 19.6 Å². The third-order valence-corrected chi connectivity index (χ3v) is 5.99. The molecule has 5 nitrogen and oxygen atoms in total. The summed E-state index contributed by atoms with van der Waals surface area (Å²) in [4.78, 5) is 15.5. The lowest BCUT2D eigenvalue weighted by Gasteiger charge is -2.31. The molecule has 3 heterocycles. The number of carbonyl (C=O) groups excluding carboxylic acids is 1. The maximum Gasteiger partial charge on any atom is 0.264 e. The van der Waals surface area contributed by atoms with E-state index in [0.29, 0.717) is 10.8 Å². The quantitative estimate of drug-likeness (QED) is 0.820.